The van der Waals surface area contributed by atoms with Crippen molar-refractivity contribution in [3.63, 3.8) is 0 Å². The van der Waals surface area contributed by atoms with Crippen molar-refractivity contribution in [3.05, 3.63) is 44.6 Å². The maximum Gasteiger partial charge on any atom is 0.338 e. The number of anilines is 1. The van der Waals surface area contributed by atoms with Crippen molar-refractivity contribution in [1.82, 2.24) is 0 Å². The van der Waals surface area contributed by atoms with Crippen LogP contribution in [0.1, 0.15) is 22.2 Å². The van der Waals surface area contributed by atoms with E-state index in [1.807, 2.05) is 42.5 Å². The van der Waals surface area contributed by atoms with Gasteiger partial charge in [-0.1, -0.05) is 13.0 Å². The number of nitrogens with zero attached hydrogens (tertiary/aromatic N) is 1. The molecule has 0 radical (unpaired) electrons. The summed E-state index contributed by atoms with van der Waals surface area (Å²) in [5.74, 6) is -0.0218. The van der Waals surface area contributed by atoms with Gasteiger partial charge in [0.1, 0.15) is 0 Å². The highest BCUT2D eigenvalue weighted by atomic mass is 79.9. The molecule has 0 amide bonds. The Balaban J connectivity index is 2.33. The fourth-order valence-electron chi connectivity index (χ4n) is 2.08. The Hall–Kier alpha value is -0.980. The molecule has 0 aliphatic heterocycles. The average Bonchev–Trinajstić information content (AvgIpc) is 2.84. The van der Waals surface area contributed by atoms with Gasteiger partial charge >= 0.3 is 5.97 Å². The summed E-state index contributed by atoms with van der Waals surface area (Å²) in [6.45, 7) is 2.71. The summed E-state index contributed by atoms with van der Waals surface area (Å²) < 4.78 is 1.06. The first-order chi connectivity index (χ1) is 10.0. The number of carbonyl (C=O) groups is 1. The number of carboxylic acid groups (broad SMARTS) is 1. The van der Waals surface area contributed by atoms with Gasteiger partial charge in [0.25, 0.3) is 0 Å². The molecular formula is C15H16BrNO2S2. The summed E-state index contributed by atoms with van der Waals surface area (Å²) in [4.78, 5) is 15.6. The van der Waals surface area contributed by atoms with Crippen molar-refractivity contribution in [1.29, 1.82) is 0 Å². The maximum absolute atomic E-state index is 11.6. The Morgan fingerprint density at radius 2 is 2.24 bits per heavy atom. The monoisotopic (exact) mass is 385 g/mol. The number of carboxylic acids is 1. The van der Waals surface area contributed by atoms with Crippen LogP contribution in [-0.4, -0.2) is 23.9 Å². The van der Waals surface area contributed by atoms with Crippen LogP contribution in [0.4, 0.5) is 5.69 Å². The Morgan fingerprint density at radius 1 is 1.48 bits per heavy atom. The first-order valence-corrected chi connectivity index (χ1v) is 9.12. The Bertz CT molecular complexity index is 642. The number of halogens is 1. The van der Waals surface area contributed by atoms with E-state index in [9.17, 15) is 9.90 Å². The summed E-state index contributed by atoms with van der Waals surface area (Å²) in [6.07, 6.45) is 0. The molecule has 6 heteroatoms. The quantitative estimate of drug-likeness (QED) is 0.713. The second-order valence-corrected chi connectivity index (χ2v) is 7.69. The van der Waals surface area contributed by atoms with E-state index in [1.54, 1.807) is 23.1 Å². The van der Waals surface area contributed by atoms with Gasteiger partial charge < -0.3 is 10.0 Å². The smallest absolute Gasteiger partial charge is 0.338 e. The lowest BCUT2D eigenvalue weighted by Gasteiger charge is -2.22. The van der Waals surface area contributed by atoms with E-state index >= 15 is 0 Å². The lowest BCUT2D eigenvalue weighted by Crippen LogP contribution is -2.19. The zero-order valence-corrected chi connectivity index (χ0v) is 15.0. The van der Waals surface area contributed by atoms with Gasteiger partial charge in [0, 0.05) is 26.7 Å². The lowest BCUT2D eigenvalue weighted by molar-refractivity contribution is 0.0694. The molecular weight excluding hydrogens is 370 g/mol. The van der Waals surface area contributed by atoms with Crippen LogP contribution in [0.2, 0.25) is 0 Å². The van der Waals surface area contributed by atoms with Gasteiger partial charge in [-0.2, -0.15) is 0 Å². The summed E-state index contributed by atoms with van der Waals surface area (Å²) in [5.41, 5.74) is 1.15. The van der Waals surface area contributed by atoms with Crippen molar-refractivity contribution in [2.45, 2.75) is 18.4 Å². The van der Waals surface area contributed by atoms with Crippen LogP contribution in [0.25, 0.3) is 0 Å². The number of aromatic carboxylic acids is 1. The van der Waals surface area contributed by atoms with Gasteiger partial charge in [0.15, 0.2) is 0 Å². The fraction of sp³-hybridized carbons (Fsp3) is 0.267. The Labute approximate surface area is 141 Å². The molecule has 1 aromatic carbocycles. The zero-order valence-electron chi connectivity index (χ0n) is 11.8. The van der Waals surface area contributed by atoms with Crippen LogP contribution in [0.5, 0.6) is 0 Å². The maximum atomic E-state index is 11.6. The topological polar surface area (TPSA) is 40.5 Å². The van der Waals surface area contributed by atoms with Crippen molar-refractivity contribution in [2.24, 2.45) is 0 Å². The molecule has 1 N–H and O–H groups in total. The first-order valence-electron chi connectivity index (χ1n) is 6.46. The minimum Gasteiger partial charge on any atom is -0.478 e. The van der Waals surface area contributed by atoms with Crippen LogP contribution in [0.15, 0.2) is 39.0 Å². The third-order valence-electron chi connectivity index (χ3n) is 2.94. The molecule has 0 spiro atoms. The minimum absolute atomic E-state index is 0.391. The lowest BCUT2D eigenvalue weighted by atomic mass is 10.1. The molecule has 1 heterocycles. The number of thioether (sulfide) groups is 1. The number of benzene rings is 1. The largest absolute Gasteiger partial charge is 0.478 e. The zero-order chi connectivity index (χ0) is 15.4. The molecule has 112 valence electrons. The van der Waals surface area contributed by atoms with Crippen LogP contribution in [-0.2, 0) is 6.54 Å². The molecule has 0 aliphatic rings. The predicted octanol–water partition coefficient (Wildman–Crippen LogP) is 4.96. The second-order valence-electron chi connectivity index (χ2n) is 4.48. The van der Waals surface area contributed by atoms with Gasteiger partial charge in [-0.15, -0.1) is 23.1 Å². The number of rotatable bonds is 6. The van der Waals surface area contributed by atoms with Gasteiger partial charge in [-0.3, -0.25) is 0 Å². The van der Waals surface area contributed by atoms with Crippen LogP contribution < -0.4 is 4.90 Å². The Morgan fingerprint density at radius 3 is 2.81 bits per heavy atom. The van der Waals surface area contributed by atoms with Crippen LogP contribution in [0, 0.1) is 0 Å². The second kappa shape index (κ2) is 7.33. The van der Waals surface area contributed by atoms with Gasteiger partial charge in [0.05, 0.1) is 17.8 Å². The molecule has 3 nitrogen and oxygen atoms in total. The highest BCUT2D eigenvalue weighted by Gasteiger charge is 2.18. The molecule has 0 fully saturated rings. The van der Waals surface area contributed by atoms with E-state index < -0.39 is 5.97 Å². The highest BCUT2D eigenvalue weighted by Crippen LogP contribution is 2.32. The molecule has 0 unspecified atom stereocenters. The molecule has 0 atom stereocenters. The fourth-order valence-corrected chi connectivity index (χ4v) is 4.41. The van der Waals surface area contributed by atoms with Gasteiger partial charge in [-0.25, -0.2) is 4.79 Å². The number of hydrogen-bond acceptors (Lipinski definition) is 4. The summed E-state index contributed by atoms with van der Waals surface area (Å²) in [5, 5.41) is 11.6. The minimum atomic E-state index is -0.874. The summed E-state index contributed by atoms with van der Waals surface area (Å²) >= 11 is 6.66. The molecule has 2 rings (SSSR count). The third-order valence-corrected chi connectivity index (χ3v) is 5.57. The predicted molar refractivity (Wildman–Crippen MR) is 93.9 cm³/mol. The summed E-state index contributed by atoms with van der Waals surface area (Å²) in [7, 11) is 1.93. The van der Waals surface area contributed by atoms with Crippen LogP contribution in [0.3, 0.4) is 0 Å². The average molecular weight is 386 g/mol. The van der Waals surface area contributed by atoms with Crippen molar-refractivity contribution in [2.75, 3.05) is 17.7 Å². The molecule has 0 saturated heterocycles. The van der Waals surface area contributed by atoms with E-state index in [2.05, 4.69) is 22.0 Å². The van der Waals surface area contributed by atoms with E-state index in [1.165, 1.54) is 4.88 Å². The normalized spacial score (nSPS) is 10.6. The van der Waals surface area contributed by atoms with Crippen molar-refractivity contribution >= 4 is 50.7 Å². The molecule has 1 aromatic heterocycles. The van der Waals surface area contributed by atoms with E-state index in [4.69, 9.17) is 0 Å². The molecule has 2 aromatic rings. The van der Waals surface area contributed by atoms with Crippen molar-refractivity contribution < 1.29 is 9.90 Å². The van der Waals surface area contributed by atoms with Gasteiger partial charge in [-0.05, 0) is 39.9 Å². The number of hydrogen-bond donors (Lipinski definition) is 1. The molecule has 0 aliphatic carbocycles. The van der Waals surface area contributed by atoms with Gasteiger partial charge in [0.2, 0.25) is 0 Å². The van der Waals surface area contributed by atoms with Crippen LogP contribution >= 0.6 is 39.0 Å². The first kappa shape index (κ1) is 16.4. The van der Waals surface area contributed by atoms with Crippen molar-refractivity contribution in [3.8, 4) is 0 Å². The standard InChI is InChI=1S/C15H16BrNO2S2/c1-3-20-13-6-4-5-12(14(13)15(18)19)17(2)8-11-7-10(16)9-21-11/h4-7,9H,3,8H2,1-2H3,(H,18,19). The molecule has 21 heavy (non-hydrogen) atoms. The number of thiophene rings is 1. The highest BCUT2D eigenvalue weighted by molar-refractivity contribution is 9.10. The third kappa shape index (κ3) is 4.02. The Kier molecular flexibility index (Phi) is 5.72. The SMILES string of the molecule is CCSc1cccc(N(C)Cc2cc(Br)cs2)c1C(=O)O. The molecule has 0 bridgehead atoms. The summed E-state index contributed by atoms with van der Waals surface area (Å²) in [6, 6.07) is 7.72. The van der Waals surface area contributed by atoms with E-state index in [0.29, 0.717) is 12.1 Å². The molecule has 0 saturated carbocycles. The van der Waals surface area contributed by atoms with E-state index in [0.717, 1.165) is 20.8 Å². The van der Waals surface area contributed by atoms with E-state index in [-0.39, 0.29) is 0 Å².